The second-order valence-electron chi connectivity index (χ2n) is 8.95. The van der Waals surface area contributed by atoms with E-state index in [1.54, 1.807) is 4.80 Å². The first-order valence-corrected chi connectivity index (χ1v) is 11.3. The topological polar surface area (TPSA) is 69.0 Å². The van der Waals surface area contributed by atoms with Crippen LogP contribution in [0.5, 0.6) is 5.75 Å². The van der Waals surface area contributed by atoms with E-state index in [-0.39, 0.29) is 12.5 Å². The number of benzene rings is 3. The molecule has 0 radical (unpaired) electrons. The van der Waals surface area contributed by atoms with Gasteiger partial charge in [0, 0.05) is 5.69 Å². The zero-order chi connectivity index (χ0) is 23.5. The van der Waals surface area contributed by atoms with Gasteiger partial charge in [0.05, 0.1) is 5.69 Å². The van der Waals surface area contributed by atoms with E-state index in [0.717, 1.165) is 16.8 Å². The number of rotatable bonds is 7. The van der Waals surface area contributed by atoms with Gasteiger partial charge in [-0.1, -0.05) is 52.0 Å². The minimum absolute atomic E-state index is 0.0621. The van der Waals surface area contributed by atoms with Crippen LogP contribution in [0.25, 0.3) is 16.7 Å². The third-order valence-electron chi connectivity index (χ3n) is 5.71. The molecule has 170 valence electrons. The average molecular weight is 443 g/mol. The molecule has 0 saturated heterocycles. The first kappa shape index (κ1) is 22.5. The maximum atomic E-state index is 12.5. The number of hydrogen-bond donors (Lipinski definition) is 1. The number of amides is 1. The van der Waals surface area contributed by atoms with Gasteiger partial charge < -0.3 is 10.1 Å². The molecule has 33 heavy (non-hydrogen) atoms. The molecule has 6 nitrogen and oxygen atoms in total. The van der Waals surface area contributed by atoms with Gasteiger partial charge in [-0.15, -0.1) is 10.2 Å². The Labute approximate surface area is 194 Å². The Kier molecular flexibility index (Phi) is 6.45. The quantitative estimate of drug-likeness (QED) is 0.381. The van der Waals surface area contributed by atoms with Crippen LogP contribution in [0.4, 0.5) is 5.69 Å². The van der Waals surface area contributed by atoms with Crippen molar-refractivity contribution >= 4 is 22.6 Å². The lowest BCUT2D eigenvalue weighted by atomic mass is 10.0. The molecule has 1 amide bonds. The van der Waals surface area contributed by atoms with Crippen LogP contribution in [0, 0.1) is 6.92 Å². The smallest absolute Gasteiger partial charge is 0.262 e. The summed E-state index contributed by atoms with van der Waals surface area (Å²) < 4.78 is 5.65. The summed E-state index contributed by atoms with van der Waals surface area (Å²) in [6.07, 6.45) is 0. The van der Waals surface area contributed by atoms with Crippen LogP contribution in [-0.4, -0.2) is 27.5 Å². The molecular weight excluding hydrogens is 412 g/mol. The highest BCUT2D eigenvalue weighted by molar-refractivity contribution is 5.95. The summed E-state index contributed by atoms with van der Waals surface area (Å²) in [4.78, 5) is 14.1. The van der Waals surface area contributed by atoms with Crippen molar-refractivity contribution in [3.63, 3.8) is 0 Å². The van der Waals surface area contributed by atoms with E-state index in [4.69, 9.17) is 4.74 Å². The Morgan fingerprint density at radius 2 is 1.42 bits per heavy atom. The van der Waals surface area contributed by atoms with Gasteiger partial charge in [-0.3, -0.25) is 4.79 Å². The number of fused-ring (bicyclic) bond motifs is 1. The van der Waals surface area contributed by atoms with Gasteiger partial charge in [0.2, 0.25) is 0 Å². The normalized spacial score (nSPS) is 11.4. The predicted molar refractivity (Wildman–Crippen MR) is 132 cm³/mol. The number of nitrogens with zero attached hydrogens (tertiary/aromatic N) is 3. The number of aryl methyl sites for hydroxylation is 1. The molecule has 0 unspecified atom stereocenters. The summed E-state index contributed by atoms with van der Waals surface area (Å²) in [7, 11) is 0. The highest BCUT2D eigenvalue weighted by atomic mass is 16.5. The zero-order valence-electron chi connectivity index (χ0n) is 19.8. The molecule has 6 heteroatoms. The Balaban J connectivity index is 1.45. The predicted octanol–water partition coefficient (Wildman–Crippen LogP) is 5.99. The van der Waals surface area contributed by atoms with E-state index in [1.807, 2.05) is 55.5 Å². The maximum absolute atomic E-state index is 12.5. The Morgan fingerprint density at radius 1 is 0.879 bits per heavy atom. The van der Waals surface area contributed by atoms with Crippen LogP contribution in [-0.2, 0) is 4.79 Å². The molecule has 1 heterocycles. The molecule has 4 aromatic rings. The number of aromatic nitrogens is 3. The first-order valence-electron chi connectivity index (χ1n) is 11.3. The van der Waals surface area contributed by atoms with Crippen LogP contribution in [0.15, 0.2) is 60.7 Å². The number of carbonyl (C=O) groups is 1. The third kappa shape index (κ3) is 5.22. The van der Waals surface area contributed by atoms with Crippen molar-refractivity contribution in [3.8, 4) is 11.4 Å². The SMILES string of the molecule is Cc1cc2nn(-c3ccc(C(C)C)cc3)nc2cc1NC(=O)COc1ccc(C(C)C)cc1. The first-order chi connectivity index (χ1) is 15.8. The van der Waals surface area contributed by atoms with E-state index in [9.17, 15) is 4.79 Å². The second kappa shape index (κ2) is 9.45. The van der Waals surface area contributed by atoms with Crippen molar-refractivity contribution in [3.05, 3.63) is 77.4 Å². The largest absolute Gasteiger partial charge is 0.484 e. The van der Waals surface area contributed by atoms with Gasteiger partial charge in [-0.05, 0) is 71.8 Å². The number of nitrogens with one attached hydrogen (secondary N) is 1. The molecule has 0 atom stereocenters. The zero-order valence-corrected chi connectivity index (χ0v) is 19.8. The summed E-state index contributed by atoms with van der Waals surface area (Å²) in [5.74, 6) is 1.38. The molecule has 0 aliphatic carbocycles. The maximum Gasteiger partial charge on any atom is 0.262 e. The van der Waals surface area contributed by atoms with Gasteiger partial charge in [0.1, 0.15) is 16.8 Å². The van der Waals surface area contributed by atoms with E-state index in [0.29, 0.717) is 28.8 Å². The molecule has 0 spiro atoms. The van der Waals surface area contributed by atoms with Gasteiger partial charge in [0.15, 0.2) is 6.61 Å². The molecule has 0 fully saturated rings. The lowest BCUT2D eigenvalue weighted by Crippen LogP contribution is -2.20. The standard InChI is InChI=1S/C27H30N4O2/c1-17(2)20-6-10-22(11-7-20)31-29-25-14-19(5)24(15-26(25)30-31)28-27(32)16-33-23-12-8-21(9-13-23)18(3)4/h6-15,17-18H,16H2,1-5H3,(H,28,32). The fraction of sp³-hybridized carbons (Fsp3) is 0.296. The highest BCUT2D eigenvalue weighted by Gasteiger charge is 2.12. The molecule has 4 rings (SSSR count). The van der Waals surface area contributed by atoms with Crippen LogP contribution in [0.1, 0.15) is 56.2 Å². The number of carbonyl (C=O) groups excluding carboxylic acids is 1. The van der Waals surface area contributed by atoms with E-state index >= 15 is 0 Å². The van der Waals surface area contributed by atoms with Crippen molar-refractivity contribution in [2.24, 2.45) is 0 Å². The van der Waals surface area contributed by atoms with Crippen molar-refractivity contribution in [2.45, 2.75) is 46.5 Å². The lowest BCUT2D eigenvalue weighted by Gasteiger charge is -2.10. The Hall–Kier alpha value is -3.67. The fourth-order valence-corrected chi connectivity index (χ4v) is 3.59. The van der Waals surface area contributed by atoms with Crippen LogP contribution >= 0.6 is 0 Å². The molecule has 0 aliphatic rings. The Morgan fingerprint density at radius 3 is 2.00 bits per heavy atom. The summed E-state index contributed by atoms with van der Waals surface area (Å²) >= 11 is 0. The molecular formula is C27H30N4O2. The summed E-state index contributed by atoms with van der Waals surface area (Å²) in [5.41, 5.74) is 6.52. The lowest BCUT2D eigenvalue weighted by molar-refractivity contribution is -0.118. The number of hydrogen-bond acceptors (Lipinski definition) is 4. The van der Waals surface area contributed by atoms with E-state index in [1.165, 1.54) is 11.1 Å². The van der Waals surface area contributed by atoms with E-state index in [2.05, 4.69) is 55.3 Å². The van der Waals surface area contributed by atoms with Crippen molar-refractivity contribution in [1.82, 2.24) is 15.0 Å². The molecule has 3 aromatic carbocycles. The van der Waals surface area contributed by atoms with Crippen molar-refractivity contribution in [1.29, 1.82) is 0 Å². The summed E-state index contributed by atoms with van der Waals surface area (Å²) in [5, 5.41) is 12.1. The average Bonchev–Trinajstić information content (AvgIpc) is 3.21. The van der Waals surface area contributed by atoms with Gasteiger partial charge in [-0.25, -0.2) is 0 Å². The second-order valence-corrected chi connectivity index (χ2v) is 8.95. The molecule has 1 aromatic heterocycles. The highest BCUT2D eigenvalue weighted by Crippen LogP contribution is 2.23. The van der Waals surface area contributed by atoms with Crippen molar-refractivity contribution in [2.75, 3.05) is 11.9 Å². The number of anilines is 1. The minimum atomic E-state index is -0.220. The van der Waals surface area contributed by atoms with Gasteiger partial charge in [-0.2, -0.15) is 4.80 Å². The van der Waals surface area contributed by atoms with Crippen LogP contribution in [0.3, 0.4) is 0 Å². The molecule has 0 saturated carbocycles. The summed E-state index contributed by atoms with van der Waals surface area (Å²) in [6.45, 7) is 10.5. The van der Waals surface area contributed by atoms with Gasteiger partial charge in [0.25, 0.3) is 5.91 Å². The molecule has 0 aliphatic heterocycles. The van der Waals surface area contributed by atoms with Crippen LogP contribution in [0.2, 0.25) is 0 Å². The molecule has 1 N–H and O–H groups in total. The van der Waals surface area contributed by atoms with E-state index < -0.39 is 0 Å². The minimum Gasteiger partial charge on any atom is -0.484 e. The summed E-state index contributed by atoms with van der Waals surface area (Å²) in [6, 6.07) is 19.9. The van der Waals surface area contributed by atoms with Crippen LogP contribution < -0.4 is 10.1 Å². The third-order valence-corrected chi connectivity index (χ3v) is 5.71. The fourth-order valence-electron chi connectivity index (χ4n) is 3.59. The Bertz CT molecular complexity index is 1260. The monoisotopic (exact) mass is 442 g/mol. The number of ether oxygens (including phenoxy) is 1. The van der Waals surface area contributed by atoms with Gasteiger partial charge >= 0.3 is 0 Å². The molecule has 0 bridgehead atoms. The van der Waals surface area contributed by atoms with Crippen molar-refractivity contribution < 1.29 is 9.53 Å².